The van der Waals surface area contributed by atoms with Crippen LogP contribution in [0.2, 0.25) is 0 Å². The lowest BCUT2D eigenvalue weighted by Crippen LogP contribution is -2.01. The number of nitrogens with two attached hydrogens (primary N) is 1. The average molecular weight is 370 g/mol. The highest BCUT2D eigenvalue weighted by Gasteiger charge is 2.18. The Kier molecular flexibility index (Phi) is 5.43. The molecule has 2 aromatic carbocycles. The molecular weight excluding hydrogens is 352 g/mol. The second-order valence-corrected chi connectivity index (χ2v) is 6.10. The Balaban J connectivity index is 2.23. The standard InChI is InChI=1S/C22H18N4O2/c1-14-3-5-15(6-4-14)18-13-26-22(25)17(12-24)21(18)16-7-8-19(28-10-9-23)20(11-16)27-2/h3-8,11,13H,10H2,1-2H3,(H2,25,26). The van der Waals surface area contributed by atoms with Crippen molar-refractivity contribution in [1.29, 1.82) is 10.5 Å². The summed E-state index contributed by atoms with van der Waals surface area (Å²) in [5.41, 5.74) is 10.5. The number of hydrogen-bond acceptors (Lipinski definition) is 6. The molecule has 0 amide bonds. The van der Waals surface area contributed by atoms with E-state index >= 15 is 0 Å². The van der Waals surface area contributed by atoms with E-state index in [2.05, 4.69) is 11.1 Å². The number of aryl methyl sites for hydroxylation is 1. The number of hydrogen-bond donors (Lipinski definition) is 1. The predicted molar refractivity (Wildman–Crippen MR) is 107 cm³/mol. The number of nitrogens with zero attached hydrogens (tertiary/aromatic N) is 3. The van der Waals surface area contributed by atoms with Gasteiger partial charge in [0.2, 0.25) is 0 Å². The molecule has 1 heterocycles. The number of anilines is 1. The number of aromatic nitrogens is 1. The normalized spacial score (nSPS) is 10.0. The van der Waals surface area contributed by atoms with Gasteiger partial charge in [-0.2, -0.15) is 10.5 Å². The van der Waals surface area contributed by atoms with Crippen LogP contribution in [0.5, 0.6) is 11.5 Å². The van der Waals surface area contributed by atoms with Gasteiger partial charge < -0.3 is 15.2 Å². The molecule has 0 radical (unpaired) electrons. The maximum atomic E-state index is 9.71. The number of nitriles is 2. The van der Waals surface area contributed by atoms with E-state index < -0.39 is 0 Å². The number of methoxy groups -OCH3 is 1. The van der Waals surface area contributed by atoms with Crippen molar-refractivity contribution in [2.24, 2.45) is 0 Å². The highest BCUT2D eigenvalue weighted by Crippen LogP contribution is 2.40. The summed E-state index contributed by atoms with van der Waals surface area (Å²) in [7, 11) is 1.52. The van der Waals surface area contributed by atoms with Gasteiger partial charge in [-0.05, 0) is 30.2 Å². The van der Waals surface area contributed by atoms with Crippen LogP contribution in [0, 0.1) is 29.6 Å². The smallest absolute Gasteiger partial charge is 0.174 e. The molecule has 6 nitrogen and oxygen atoms in total. The van der Waals surface area contributed by atoms with Gasteiger partial charge in [-0.15, -0.1) is 0 Å². The van der Waals surface area contributed by atoms with Crippen LogP contribution in [0.3, 0.4) is 0 Å². The molecule has 0 aliphatic carbocycles. The van der Waals surface area contributed by atoms with Crippen LogP contribution < -0.4 is 15.2 Å². The van der Waals surface area contributed by atoms with Crippen molar-refractivity contribution >= 4 is 5.82 Å². The minimum absolute atomic E-state index is 0.0873. The van der Waals surface area contributed by atoms with Crippen molar-refractivity contribution in [3.05, 3.63) is 59.8 Å². The van der Waals surface area contributed by atoms with Crippen molar-refractivity contribution in [2.45, 2.75) is 6.92 Å². The summed E-state index contributed by atoms with van der Waals surface area (Å²) >= 11 is 0. The minimum Gasteiger partial charge on any atom is -0.493 e. The highest BCUT2D eigenvalue weighted by molar-refractivity contribution is 5.90. The average Bonchev–Trinajstić information content (AvgIpc) is 2.72. The first-order chi connectivity index (χ1) is 13.6. The summed E-state index contributed by atoms with van der Waals surface area (Å²) in [5.74, 6) is 1.07. The molecular formula is C22H18N4O2. The first-order valence-corrected chi connectivity index (χ1v) is 8.52. The first kappa shape index (κ1) is 18.8. The fourth-order valence-electron chi connectivity index (χ4n) is 2.94. The maximum Gasteiger partial charge on any atom is 0.174 e. The van der Waals surface area contributed by atoms with Crippen LogP contribution >= 0.6 is 0 Å². The molecule has 0 atom stereocenters. The second-order valence-electron chi connectivity index (χ2n) is 6.10. The monoisotopic (exact) mass is 370 g/mol. The van der Waals surface area contributed by atoms with Gasteiger partial charge in [-0.3, -0.25) is 0 Å². The van der Waals surface area contributed by atoms with Crippen molar-refractivity contribution < 1.29 is 9.47 Å². The zero-order chi connectivity index (χ0) is 20.1. The number of ether oxygens (including phenoxy) is 2. The lowest BCUT2D eigenvalue weighted by molar-refractivity contribution is 0.330. The lowest BCUT2D eigenvalue weighted by Gasteiger charge is -2.15. The molecule has 0 aliphatic heterocycles. The zero-order valence-electron chi connectivity index (χ0n) is 15.6. The van der Waals surface area contributed by atoms with Crippen LogP contribution in [0.4, 0.5) is 5.82 Å². The Morgan fingerprint density at radius 3 is 2.39 bits per heavy atom. The van der Waals surface area contributed by atoms with Gasteiger partial charge in [0.15, 0.2) is 18.1 Å². The third-order valence-corrected chi connectivity index (χ3v) is 4.33. The van der Waals surface area contributed by atoms with Gasteiger partial charge in [0.1, 0.15) is 23.5 Å². The predicted octanol–water partition coefficient (Wildman–Crippen LogP) is 4.09. The molecule has 138 valence electrons. The van der Waals surface area contributed by atoms with Gasteiger partial charge >= 0.3 is 0 Å². The topological polar surface area (TPSA) is 105 Å². The van der Waals surface area contributed by atoms with Crippen LogP contribution in [-0.2, 0) is 0 Å². The van der Waals surface area contributed by atoms with E-state index in [4.69, 9.17) is 20.5 Å². The molecule has 0 saturated heterocycles. The van der Waals surface area contributed by atoms with E-state index in [1.165, 1.54) is 7.11 Å². The molecule has 0 bridgehead atoms. The summed E-state index contributed by atoms with van der Waals surface area (Å²) in [6.07, 6.45) is 1.67. The molecule has 0 saturated carbocycles. The fraction of sp³-hybridized carbons (Fsp3) is 0.136. The van der Waals surface area contributed by atoms with Gasteiger partial charge in [0.25, 0.3) is 0 Å². The summed E-state index contributed by atoms with van der Waals surface area (Å²) in [4.78, 5) is 4.20. The Labute approximate surface area is 163 Å². The van der Waals surface area contributed by atoms with E-state index in [-0.39, 0.29) is 12.4 Å². The second kappa shape index (κ2) is 8.11. The Morgan fingerprint density at radius 1 is 1.04 bits per heavy atom. The molecule has 1 aromatic heterocycles. The van der Waals surface area contributed by atoms with Crippen LogP contribution in [0.25, 0.3) is 22.3 Å². The SMILES string of the molecule is COc1cc(-c2c(-c3ccc(C)cc3)cnc(N)c2C#N)ccc1OCC#N. The molecule has 0 spiro atoms. The van der Waals surface area contributed by atoms with E-state index in [0.717, 1.165) is 22.3 Å². The molecule has 3 aromatic rings. The van der Waals surface area contributed by atoms with Crippen molar-refractivity contribution in [3.8, 4) is 45.9 Å². The minimum atomic E-state index is -0.0873. The zero-order valence-corrected chi connectivity index (χ0v) is 15.6. The highest BCUT2D eigenvalue weighted by atomic mass is 16.5. The third-order valence-electron chi connectivity index (χ3n) is 4.33. The third kappa shape index (κ3) is 3.58. The van der Waals surface area contributed by atoms with E-state index in [1.54, 1.807) is 18.3 Å². The molecule has 6 heteroatoms. The largest absolute Gasteiger partial charge is 0.493 e. The maximum absolute atomic E-state index is 9.71. The van der Waals surface area contributed by atoms with Gasteiger partial charge in [0, 0.05) is 17.3 Å². The number of nitrogen functional groups attached to an aromatic ring is 1. The van der Waals surface area contributed by atoms with E-state index in [1.807, 2.05) is 43.3 Å². The lowest BCUT2D eigenvalue weighted by atomic mass is 9.92. The van der Waals surface area contributed by atoms with Crippen molar-refractivity contribution in [1.82, 2.24) is 4.98 Å². The van der Waals surface area contributed by atoms with E-state index in [9.17, 15) is 5.26 Å². The summed E-state index contributed by atoms with van der Waals surface area (Å²) in [5, 5.41) is 18.4. The molecule has 0 fully saturated rings. The molecule has 0 aliphatic rings. The van der Waals surface area contributed by atoms with Crippen molar-refractivity contribution in [2.75, 3.05) is 19.5 Å². The number of rotatable bonds is 5. The van der Waals surface area contributed by atoms with E-state index in [0.29, 0.717) is 22.6 Å². The molecule has 28 heavy (non-hydrogen) atoms. The van der Waals surface area contributed by atoms with Gasteiger partial charge in [-0.1, -0.05) is 35.9 Å². The first-order valence-electron chi connectivity index (χ1n) is 8.52. The molecule has 0 unspecified atom stereocenters. The fourth-order valence-corrected chi connectivity index (χ4v) is 2.94. The van der Waals surface area contributed by atoms with Crippen molar-refractivity contribution in [3.63, 3.8) is 0 Å². The van der Waals surface area contributed by atoms with Crippen LogP contribution in [0.15, 0.2) is 48.7 Å². The Morgan fingerprint density at radius 2 is 1.75 bits per heavy atom. The Bertz CT molecular complexity index is 1090. The quantitative estimate of drug-likeness (QED) is 0.725. The van der Waals surface area contributed by atoms with Crippen LogP contribution in [0.1, 0.15) is 11.1 Å². The molecule has 2 N–H and O–H groups in total. The summed E-state index contributed by atoms with van der Waals surface area (Å²) in [6.45, 7) is 1.92. The summed E-state index contributed by atoms with van der Waals surface area (Å²) in [6, 6.07) is 17.3. The number of benzene rings is 2. The number of pyridine rings is 1. The van der Waals surface area contributed by atoms with Gasteiger partial charge in [-0.25, -0.2) is 4.98 Å². The molecule has 3 rings (SSSR count). The van der Waals surface area contributed by atoms with Gasteiger partial charge in [0.05, 0.1) is 7.11 Å². The Hall–Kier alpha value is -4.03. The summed E-state index contributed by atoms with van der Waals surface area (Å²) < 4.78 is 10.8. The van der Waals surface area contributed by atoms with Crippen LogP contribution in [-0.4, -0.2) is 18.7 Å².